The lowest BCUT2D eigenvalue weighted by Gasteiger charge is -2.17. The Bertz CT molecular complexity index is 569. The molecule has 0 fully saturated rings. The minimum absolute atomic E-state index is 0.0148. The molecule has 0 saturated carbocycles. The van der Waals surface area contributed by atoms with Gasteiger partial charge in [-0.15, -0.1) is 0 Å². The van der Waals surface area contributed by atoms with E-state index >= 15 is 0 Å². The van der Waals surface area contributed by atoms with Crippen molar-refractivity contribution in [3.63, 3.8) is 0 Å². The average molecular weight is 287 g/mol. The number of hydrogen-bond donors (Lipinski definition) is 0. The Morgan fingerprint density at radius 2 is 1.76 bits per heavy atom. The molecule has 0 aliphatic heterocycles. The van der Waals surface area contributed by atoms with Gasteiger partial charge >= 0.3 is 0 Å². The van der Waals surface area contributed by atoms with E-state index in [4.69, 9.17) is 4.74 Å². The van der Waals surface area contributed by atoms with Crippen molar-refractivity contribution in [2.75, 3.05) is 13.7 Å². The Hall–Kier alpha value is -2.36. The van der Waals surface area contributed by atoms with Gasteiger partial charge in [-0.2, -0.15) is 0 Å². The molecule has 2 rings (SSSR count). The van der Waals surface area contributed by atoms with Gasteiger partial charge in [-0.3, -0.25) is 4.79 Å². The molecule has 0 bridgehead atoms. The van der Waals surface area contributed by atoms with Gasteiger partial charge in [-0.25, -0.2) is 4.39 Å². The van der Waals surface area contributed by atoms with Gasteiger partial charge in [0.1, 0.15) is 11.6 Å². The maximum atomic E-state index is 12.7. The SMILES string of the molecule is CN(Cc1ccccc1)C(=O)CCOc1ccc(F)cc1. The smallest absolute Gasteiger partial charge is 0.226 e. The van der Waals surface area contributed by atoms with Crippen LogP contribution in [0.25, 0.3) is 0 Å². The fourth-order valence-corrected chi connectivity index (χ4v) is 1.92. The number of ether oxygens (including phenoxy) is 1. The van der Waals surface area contributed by atoms with Gasteiger partial charge in [0.15, 0.2) is 0 Å². The van der Waals surface area contributed by atoms with Crippen LogP contribution in [0.4, 0.5) is 4.39 Å². The van der Waals surface area contributed by atoms with E-state index in [0.717, 1.165) is 5.56 Å². The summed E-state index contributed by atoms with van der Waals surface area (Å²) in [5.74, 6) is 0.275. The molecule has 0 aliphatic carbocycles. The highest BCUT2D eigenvalue weighted by Gasteiger charge is 2.09. The topological polar surface area (TPSA) is 29.5 Å². The first-order valence-corrected chi connectivity index (χ1v) is 6.81. The van der Waals surface area contributed by atoms with Crippen LogP contribution in [0.3, 0.4) is 0 Å². The zero-order valence-electron chi connectivity index (χ0n) is 12.0. The molecule has 3 nitrogen and oxygen atoms in total. The molecular weight excluding hydrogens is 269 g/mol. The molecule has 2 aromatic rings. The summed E-state index contributed by atoms with van der Waals surface area (Å²) in [7, 11) is 1.77. The van der Waals surface area contributed by atoms with Crippen molar-refractivity contribution in [1.82, 2.24) is 4.90 Å². The second kappa shape index (κ2) is 7.43. The second-order valence-corrected chi connectivity index (χ2v) is 4.79. The highest BCUT2D eigenvalue weighted by Crippen LogP contribution is 2.11. The Balaban J connectivity index is 1.75. The van der Waals surface area contributed by atoms with Crippen LogP contribution in [0.1, 0.15) is 12.0 Å². The number of hydrogen-bond acceptors (Lipinski definition) is 2. The second-order valence-electron chi connectivity index (χ2n) is 4.79. The number of amides is 1. The van der Waals surface area contributed by atoms with Gasteiger partial charge < -0.3 is 9.64 Å². The molecule has 0 unspecified atom stereocenters. The van der Waals surface area contributed by atoms with Gasteiger partial charge in [-0.05, 0) is 29.8 Å². The molecular formula is C17H18FNO2. The molecule has 21 heavy (non-hydrogen) atoms. The van der Waals surface area contributed by atoms with E-state index in [1.54, 1.807) is 24.1 Å². The summed E-state index contributed by atoms with van der Waals surface area (Å²) in [5.41, 5.74) is 1.09. The van der Waals surface area contributed by atoms with Crippen LogP contribution in [-0.2, 0) is 11.3 Å². The molecule has 4 heteroatoms. The molecule has 0 saturated heterocycles. The molecule has 1 amide bonds. The van der Waals surface area contributed by atoms with Gasteiger partial charge in [-0.1, -0.05) is 30.3 Å². The third-order valence-electron chi connectivity index (χ3n) is 3.09. The number of nitrogens with zero attached hydrogens (tertiary/aromatic N) is 1. The predicted molar refractivity (Wildman–Crippen MR) is 79.4 cm³/mol. The van der Waals surface area contributed by atoms with Crippen LogP contribution in [0.5, 0.6) is 5.75 Å². The van der Waals surface area contributed by atoms with Crippen molar-refractivity contribution in [2.45, 2.75) is 13.0 Å². The lowest BCUT2D eigenvalue weighted by molar-refractivity contribution is -0.130. The largest absolute Gasteiger partial charge is 0.493 e. The first-order valence-electron chi connectivity index (χ1n) is 6.81. The first-order chi connectivity index (χ1) is 10.1. The van der Waals surface area contributed by atoms with Gasteiger partial charge in [0.25, 0.3) is 0 Å². The lowest BCUT2D eigenvalue weighted by Crippen LogP contribution is -2.27. The number of carbonyl (C=O) groups excluding carboxylic acids is 1. The van der Waals surface area contributed by atoms with Gasteiger partial charge in [0.05, 0.1) is 13.0 Å². The quantitative estimate of drug-likeness (QED) is 0.816. The molecule has 0 spiro atoms. The van der Waals surface area contributed by atoms with Crippen LogP contribution in [0.15, 0.2) is 54.6 Å². The molecule has 0 atom stereocenters. The van der Waals surface area contributed by atoms with Crippen molar-refractivity contribution >= 4 is 5.91 Å². The molecule has 0 aromatic heterocycles. The Kier molecular flexibility index (Phi) is 5.32. The van der Waals surface area contributed by atoms with E-state index in [1.165, 1.54) is 12.1 Å². The zero-order valence-corrected chi connectivity index (χ0v) is 12.0. The Morgan fingerprint density at radius 1 is 1.10 bits per heavy atom. The number of halogens is 1. The van der Waals surface area contributed by atoms with Crippen LogP contribution < -0.4 is 4.74 Å². The van der Waals surface area contributed by atoms with Crippen LogP contribution in [-0.4, -0.2) is 24.5 Å². The van der Waals surface area contributed by atoms with E-state index in [0.29, 0.717) is 18.7 Å². The summed E-state index contributed by atoms with van der Waals surface area (Å²) >= 11 is 0. The standard InChI is InChI=1S/C17H18FNO2/c1-19(13-14-5-3-2-4-6-14)17(20)11-12-21-16-9-7-15(18)8-10-16/h2-10H,11-13H2,1H3. The highest BCUT2D eigenvalue weighted by atomic mass is 19.1. The minimum atomic E-state index is -0.305. The summed E-state index contributed by atoms with van der Waals surface area (Å²) in [4.78, 5) is 13.6. The summed E-state index contributed by atoms with van der Waals surface area (Å²) in [5, 5.41) is 0. The van der Waals surface area contributed by atoms with Gasteiger partial charge in [0, 0.05) is 13.6 Å². The fourth-order valence-electron chi connectivity index (χ4n) is 1.92. The van der Waals surface area contributed by atoms with E-state index in [2.05, 4.69) is 0 Å². The predicted octanol–water partition coefficient (Wildman–Crippen LogP) is 3.25. The van der Waals surface area contributed by atoms with Crippen LogP contribution >= 0.6 is 0 Å². The highest BCUT2D eigenvalue weighted by molar-refractivity contribution is 5.76. The Morgan fingerprint density at radius 3 is 2.43 bits per heavy atom. The van der Waals surface area contributed by atoms with Crippen molar-refractivity contribution in [2.24, 2.45) is 0 Å². The van der Waals surface area contributed by atoms with Crippen LogP contribution in [0.2, 0.25) is 0 Å². The summed E-state index contributed by atoms with van der Waals surface area (Å²) < 4.78 is 18.2. The van der Waals surface area contributed by atoms with E-state index < -0.39 is 0 Å². The van der Waals surface area contributed by atoms with E-state index in [9.17, 15) is 9.18 Å². The van der Waals surface area contributed by atoms with Gasteiger partial charge in [0.2, 0.25) is 5.91 Å². The normalized spacial score (nSPS) is 10.2. The van der Waals surface area contributed by atoms with E-state index in [-0.39, 0.29) is 18.3 Å². The molecule has 0 N–H and O–H groups in total. The minimum Gasteiger partial charge on any atom is -0.493 e. The Labute approximate surface area is 124 Å². The van der Waals surface area contributed by atoms with Crippen molar-refractivity contribution in [3.8, 4) is 5.75 Å². The molecule has 2 aromatic carbocycles. The maximum Gasteiger partial charge on any atom is 0.226 e. The summed E-state index contributed by atoms with van der Waals surface area (Å²) in [6.07, 6.45) is 0.292. The third kappa shape index (κ3) is 4.91. The van der Waals surface area contributed by atoms with Crippen LogP contribution in [0, 0.1) is 5.82 Å². The molecule has 0 aliphatic rings. The third-order valence-corrected chi connectivity index (χ3v) is 3.09. The summed E-state index contributed by atoms with van der Waals surface area (Å²) in [6, 6.07) is 15.6. The number of benzene rings is 2. The lowest BCUT2D eigenvalue weighted by atomic mass is 10.2. The average Bonchev–Trinajstić information content (AvgIpc) is 2.50. The van der Waals surface area contributed by atoms with E-state index in [1.807, 2.05) is 30.3 Å². The zero-order chi connectivity index (χ0) is 15.1. The van der Waals surface area contributed by atoms with Crippen molar-refractivity contribution in [1.29, 1.82) is 0 Å². The number of rotatable bonds is 6. The maximum absolute atomic E-state index is 12.7. The number of carbonyl (C=O) groups is 1. The molecule has 110 valence electrons. The molecule has 0 radical (unpaired) electrons. The molecule has 0 heterocycles. The first kappa shape index (κ1) is 15.0. The summed E-state index contributed by atoms with van der Waals surface area (Å²) in [6.45, 7) is 0.861. The van der Waals surface area contributed by atoms with Crippen molar-refractivity contribution < 1.29 is 13.9 Å². The monoisotopic (exact) mass is 287 g/mol. The fraction of sp³-hybridized carbons (Fsp3) is 0.235. The van der Waals surface area contributed by atoms with Crippen molar-refractivity contribution in [3.05, 3.63) is 66.0 Å².